The average molecular weight is 466 g/mol. The molecule has 2 aliphatic carbocycles. The fourth-order valence-electron chi connectivity index (χ4n) is 7.53. The van der Waals surface area contributed by atoms with Gasteiger partial charge < -0.3 is 5.32 Å². The van der Waals surface area contributed by atoms with Gasteiger partial charge in [-0.05, 0) is 95.0 Å². The Kier molecular flexibility index (Phi) is 10.6. The van der Waals surface area contributed by atoms with Crippen LogP contribution < -0.4 is 5.32 Å². The molecule has 4 unspecified atom stereocenters. The van der Waals surface area contributed by atoms with Gasteiger partial charge in [0.15, 0.2) is 0 Å². The van der Waals surface area contributed by atoms with Gasteiger partial charge in [0.05, 0.1) is 0 Å². The maximum atomic E-state index is 4.37. The van der Waals surface area contributed by atoms with Crippen molar-refractivity contribution in [1.29, 1.82) is 0 Å². The van der Waals surface area contributed by atoms with Gasteiger partial charge in [0.25, 0.3) is 0 Å². The summed E-state index contributed by atoms with van der Waals surface area (Å²) in [5.41, 5.74) is 5.65. The molecule has 3 rings (SSSR count). The van der Waals surface area contributed by atoms with Crippen molar-refractivity contribution in [2.45, 2.75) is 136 Å². The fraction of sp³-hybridized carbons (Fsp3) is 0.758. The van der Waals surface area contributed by atoms with Crippen molar-refractivity contribution < 1.29 is 0 Å². The van der Waals surface area contributed by atoms with E-state index in [1.165, 1.54) is 125 Å². The Morgan fingerprint density at radius 3 is 2.29 bits per heavy atom. The SMILES string of the molecule is C=C(C)/C=C(\C=C(C)C)CCCC1CCCC(CC2(CCC3CCCCC3)NC(=C)CC2C)C1. The van der Waals surface area contributed by atoms with Gasteiger partial charge in [0, 0.05) is 11.2 Å². The van der Waals surface area contributed by atoms with Crippen molar-refractivity contribution >= 4 is 0 Å². The molecule has 1 aliphatic heterocycles. The van der Waals surface area contributed by atoms with E-state index in [2.05, 4.69) is 58.3 Å². The van der Waals surface area contributed by atoms with Crippen molar-refractivity contribution in [3.63, 3.8) is 0 Å². The van der Waals surface area contributed by atoms with Gasteiger partial charge in [-0.2, -0.15) is 0 Å². The largest absolute Gasteiger partial charge is 0.383 e. The van der Waals surface area contributed by atoms with E-state index < -0.39 is 0 Å². The minimum atomic E-state index is 0.321. The lowest BCUT2D eigenvalue weighted by Gasteiger charge is -2.41. The van der Waals surface area contributed by atoms with E-state index in [4.69, 9.17) is 0 Å². The molecule has 0 aromatic heterocycles. The van der Waals surface area contributed by atoms with Crippen molar-refractivity contribution in [2.75, 3.05) is 0 Å². The monoisotopic (exact) mass is 465 g/mol. The molecular weight excluding hydrogens is 410 g/mol. The minimum absolute atomic E-state index is 0.321. The Morgan fingerprint density at radius 2 is 1.65 bits per heavy atom. The van der Waals surface area contributed by atoms with Gasteiger partial charge in [0.1, 0.15) is 0 Å². The van der Waals surface area contributed by atoms with Crippen LogP contribution in [0.25, 0.3) is 0 Å². The highest BCUT2D eigenvalue weighted by Crippen LogP contribution is 2.45. The second kappa shape index (κ2) is 13.2. The third kappa shape index (κ3) is 8.46. The molecule has 1 heterocycles. The number of nitrogens with one attached hydrogen (secondary N) is 1. The molecule has 1 nitrogen and oxygen atoms in total. The lowest BCUT2D eigenvalue weighted by atomic mass is 9.69. The zero-order valence-electron chi connectivity index (χ0n) is 23.2. The minimum Gasteiger partial charge on any atom is -0.383 e. The summed E-state index contributed by atoms with van der Waals surface area (Å²) in [6, 6.07) is 0. The maximum Gasteiger partial charge on any atom is 0.0402 e. The summed E-state index contributed by atoms with van der Waals surface area (Å²) in [6.07, 6.45) is 27.1. The molecule has 1 N–H and O–H groups in total. The third-order valence-electron chi connectivity index (χ3n) is 9.17. The first-order chi connectivity index (χ1) is 16.3. The smallest absolute Gasteiger partial charge is 0.0402 e. The van der Waals surface area contributed by atoms with Crippen molar-refractivity contribution in [3.05, 3.63) is 47.7 Å². The Labute approximate surface area is 212 Å². The number of hydrogen-bond acceptors (Lipinski definition) is 1. The molecule has 2 saturated carbocycles. The van der Waals surface area contributed by atoms with Crippen LogP contribution in [-0.2, 0) is 0 Å². The summed E-state index contributed by atoms with van der Waals surface area (Å²) in [7, 11) is 0. The Balaban J connectivity index is 1.54. The molecule has 3 aliphatic rings. The van der Waals surface area contributed by atoms with Gasteiger partial charge in [-0.1, -0.05) is 101 Å². The lowest BCUT2D eigenvalue weighted by Crippen LogP contribution is -2.46. The normalized spacial score (nSPS) is 30.8. The Morgan fingerprint density at radius 1 is 0.941 bits per heavy atom. The van der Waals surface area contributed by atoms with E-state index in [0.717, 1.165) is 23.7 Å². The molecule has 0 amide bonds. The summed E-state index contributed by atoms with van der Waals surface area (Å²) < 4.78 is 0. The second-order valence-corrected chi connectivity index (χ2v) is 12.8. The molecule has 0 spiro atoms. The van der Waals surface area contributed by atoms with E-state index >= 15 is 0 Å². The van der Waals surface area contributed by atoms with Crippen LogP contribution in [0.4, 0.5) is 0 Å². The summed E-state index contributed by atoms with van der Waals surface area (Å²) in [4.78, 5) is 0. The van der Waals surface area contributed by atoms with Crippen LogP contribution in [0.5, 0.6) is 0 Å². The average Bonchev–Trinajstić information content (AvgIpc) is 3.05. The van der Waals surface area contributed by atoms with Crippen LogP contribution in [0.2, 0.25) is 0 Å². The summed E-state index contributed by atoms with van der Waals surface area (Å²) in [6.45, 7) is 17.5. The fourth-order valence-corrected chi connectivity index (χ4v) is 7.53. The maximum absolute atomic E-state index is 4.37. The summed E-state index contributed by atoms with van der Waals surface area (Å²) >= 11 is 0. The summed E-state index contributed by atoms with van der Waals surface area (Å²) in [5.74, 6) is 3.54. The van der Waals surface area contributed by atoms with Gasteiger partial charge in [-0.25, -0.2) is 0 Å². The van der Waals surface area contributed by atoms with E-state index in [1.54, 1.807) is 0 Å². The van der Waals surface area contributed by atoms with Gasteiger partial charge in [-0.3, -0.25) is 0 Å². The number of allylic oxidation sites excluding steroid dienone is 6. The standard InChI is InChI=1S/C33H55N/c1-25(2)20-31(21-26(3)4)16-10-14-30-15-11-17-32(23-30)24-33(27(5)22-28(6)34-33)19-18-29-12-8-7-9-13-29/h20-21,27,29-30,32,34H,1,6-19,22-24H2,2-5H3/b31-20-. The molecular formula is C33H55N. The first-order valence-electron chi connectivity index (χ1n) is 14.7. The van der Waals surface area contributed by atoms with E-state index in [-0.39, 0.29) is 0 Å². The van der Waals surface area contributed by atoms with Crippen LogP contribution in [-0.4, -0.2) is 5.54 Å². The molecule has 0 bridgehead atoms. The molecule has 0 aromatic carbocycles. The molecule has 34 heavy (non-hydrogen) atoms. The lowest BCUT2D eigenvalue weighted by molar-refractivity contribution is 0.148. The second-order valence-electron chi connectivity index (χ2n) is 12.8. The highest BCUT2D eigenvalue weighted by Gasteiger charge is 2.43. The molecule has 192 valence electrons. The van der Waals surface area contributed by atoms with Crippen LogP contribution in [0.3, 0.4) is 0 Å². The Bertz CT molecular complexity index is 730. The van der Waals surface area contributed by atoms with Gasteiger partial charge >= 0.3 is 0 Å². The van der Waals surface area contributed by atoms with E-state index in [0.29, 0.717) is 5.54 Å². The van der Waals surface area contributed by atoms with Crippen molar-refractivity contribution in [3.8, 4) is 0 Å². The predicted molar refractivity (Wildman–Crippen MR) is 151 cm³/mol. The summed E-state index contributed by atoms with van der Waals surface area (Å²) in [5, 5.41) is 4.00. The third-order valence-corrected chi connectivity index (χ3v) is 9.17. The molecule has 0 aromatic rings. The predicted octanol–water partition coefficient (Wildman–Crippen LogP) is 10.1. The van der Waals surface area contributed by atoms with E-state index in [1.807, 2.05) is 0 Å². The topological polar surface area (TPSA) is 12.0 Å². The highest BCUT2D eigenvalue weighted by molar-refractivity contribution is 5.29. The molecule has 1 heteroatoms. The van der Waals surface area contributed by atoms with E-state index in [9.17, 15) is 0 Å². The first-order valence-corrected chi connectivity index (χ1v) is 14.7. The van der Waals surface area contributed by atoms with Gasteiger partial charge in [-0.15, -0.1) is 0 Å². The Hall–Kier alpha value is -1.24. The molecule has 1 saturated heterocycles. The number of hydrogen-bond donors (Lipinski definition) is 1. The van der Waals surface area contributed by atoms with Crippen LogP contribution in [0, 0.1) is 23.7 Å². The van der Waals surface area contributed by atoms with Gasteiger partial charge in [0.2, 0.25) is 0 Å². The van der Waals surface area contributed by atoms with Crippen LogP contribution >= 0.6 is 0 Å². The number of rotatable bonds is 11. The zero-order valence-corrected chi connectivity index (χ0v) is 23.2. The molecule has 3 fully saturated rings. The van der Waals surface area contributed by atoms with Crippen LogP contribution in [0.15, 0.2) is 47.7 Å². The first kappa shape index (κ1) is 27.3. The zero-order chi connectivity index (χ0) is 24.6. The van der Waals surface area contributed by atoms with Crippen LogP contribution in [0.1, 0.15) is 130 Å². The van der Waals surface area contributed by atoms with Crippen molar-refractivity contribution in [1.82, 2.24) is 5.32 Å². The van der Waals surface area contributed by atoms with Crippen molar-refractivity contribution in [2.24, 2.45) is 23.7 Å². The highest BCUT2D eigenvalue weighted by atomic mass is 15.0. The molecule has 0 radical (unpaired) electrons. The quantitative estimate of drug-likeness (QED) is 0.299. The molecule has 4 atom stereocenters.